The van der Waals surface area contributed by atoms with E-state index in [0.717, 1.165) is 28.3 Å². The number of ether oxygens (including phenoxy) is 1. The van der Waals surface area contributed by atoms with Crippen LogP contribution in [0.15, 0.2) is 19.0 Å². The zero-order chi connectivity index (χ0) is 17.4. The van der Waals surface area contributed by atoms with Gasteiger partial charge in [-0.15, -0.1) is 23.5 Å². The molecule has 0 unspecified atom stereocenters. The Balaban J connectivity index is 0.000000238. The van der Waals surface area contributed by atoms with Gasteiger partial charge in [0.05, 0.1) is 8.48 Å². The number of thioether (sulfide) groups is 2. The van der Waals surface area contributed by atoms with Crippen LogP contribution in [-0.2, 0) is 23.9 Å². The number of aldehydes is 1. The molecule has 0 aromatic carbocycles. The van der Waals surface area contributed by atoms with Crippen LogP contribution in [-0.4, -0.2) is 41.9 Å². The maximum absolute atomic E-state index is 11.2. The Kier molecular flexibility index (Phi) is 9.15. The molecule has 0 atom stereocenters. The van der Waals surface area contributed by atoms with Crippen molar-refractivity contribution < 1.29 is 23.9 Å². The van der Waals surface area contributed by atoms with Crippen LogP contribution < -0.4 is 0 Å². The number of hydrogen-bond acceptors (Lipinski definition) is 7. The van der Waals surface area contributed by atoms with Crippen molar-refractivity contribution in [1.29, 1.82) is 0 Å². The summed E-state index contributed by atoms with van der Waals surface area (Å²) < 4.78 is 5.43. The highest BCUT2D eigenvalue weighted by Crippen LogP contribution is 2.29. The van der Waals surface area contributed by atoms with Gasteiger partial charge in [0.15, 0.2) is 17.9 Å². The lowest BCUT2D eigenvalue weighted by Crippen LogP contribution is -2.13. The minimum absolute atomic E-state index is 0.0986. The van der Waals surface area contributed by atoms with Crippen molar-refractivity contribution in [3.05, 3.63) is 19.0 Å². The van der Waals surface area contributed by atoms with Crippen molar-refractivity contribution in [1.82, 2.24) is 0 Å². The van der Waals surface area contributed by atoms with Gasteiger partial charge in [-0.3, -0.25) is 19.2 Å². The summed E-state index contributed by atoms with van der Waals surface area (Å²) in [6.07, 6.45) is 1.92. The van der Waals surface area contributed by atoms with E-state index in [9.17, 15) is 19.2 Å². The number of rotatable bonds is 3. The number of Topliss-reactive ketones (excluding diaryl/α,β-unsaturated/α-hetero) is 2. The lowest BCUT2D eigenvalue weighted by molar-refractivity contribution is -0.139. The second-order valence-electron chi connectivity index (χ2n) is 4.67. The third-order valence-corrected chi connectivity index (χ3v) is 6.75. The third-order valence-electron chi connectivity index (χ3n) is 3.00. The Labute approximate surface area is 157 Å². The molecule has 2 aliphatic heterocycles. The lowest BCUT2D eigenvalue weighted by atomic mass is 10.1. The third kappa shape index (κ3) is 6.80. The number of hydrogen-bond donors (Lipinski definition) is 0. The SMILES string of the molecule is CC(=O)OCC1=C(C)C(=O)CCS1.O=CC1=C(I)C(=O)CCS1. The average Bonchev–Trinajstić information content (AvgIpc) is 2.52. The molecule has 0 aliphatic carbocycles. The highest BCUT2D eigenvalue weighted by molar-refractivity contribution is 14.1. The van der Waals surface area contributed by atoms with E-state index in [-0.39, 0.29) is 24.1 Å². The van der Waals surface area contributed by atoms with E-state index in [1.54, 1.807) is 18.7 Å². The van der Waals surface area contributed by atoms with Gasteiger partial charge >= 0.3 is 5.97 Å². The van der Waals surface area contributed by atoms with Crippen LogP contribution in [0.3, 0.4) is 0 Å². The molecule has 0 N–H and O–H groups in total. The van der Waals surface area contributed by atoms with E-state index in [1.807, 2.05) is 22.6 Å². The summed E-state index contributed by atoms with van der Waals surface area (Å²) in [5.74, 6) is 1.51. The Bertz CT molecular complexity index is 580. The molecule has 0 aromatic rings. The van der Waals surface area contributed by atoms with E-state index in [2.05, 4.69) is 0 Å². The van der Waals surface area contributed by atoms with E-state index in [4.69, 9.17) is 4.74 Å². The number of carbonyl (C=O) groups is 4. The Morgan fingerprint density at radius 3 is 2.39 bits per heavy atom. The minimum Gasteiger partial charge on any atom is -0.460 e. The number of ketones is 2. The highest BCUT2D eigenvalue weighted by atomic mass is 127. The quantitative estimate of drug-likeness (QED) is 0.358. The smallest absolute Gasteiger partial charge is 0.302 e. The summed E-state index contributed by atoms with van der Waals surface area (Å²) in [4.78, 5) is 44.5. The van der Waals surface area contributed by atoms with Gasteiger partial charge in [0, 0.05) is 41.7 Å². The first-order valence-corrected chi connectivity index (χ1v) is 9.91. The Morgan fingerprint density at radius 1 is 1.22 bits per heavy atom. The zero-order valence-corrected chi connectivity index (χ0v) is 16.6. The minimum atomic E-state index is -0.307. The molecule has 23 heavy (non-hydrogen) atoms. The molecular formula is C15H17IO5S2. The van der Waals surface area contributed by atoms with Crippen LogP contribution in [0.2, 0.25) is 0 Å². The van der Waals surface area contributed by atoms with Crippen molar-refractivity contribution in [3.63, 3.8) is 0 Å². The molecule has 2 aliphatic rings. The normalized spacial score (nSPS) is 18.4. The van der Waals surface area contributed by atoms with Crippen LogP contribution in [0, 0.1) is 0 Å². The summed E-state index contributed by atoms with van der Waals surface area (Å²) in [7, 11) is 0. The molecule has 8 heteroatoms. The van der Waals surface area contributed by atoms with Crippen LogP contribution in [0.1, 0.15) is 26.7 Å². The van der Waals surface area contributed by atoms with Crippen LogP contribution in [0.25, 0.3) is 0 Å². The largest absolute Gasteiger partial charge is 0.460 e. The number of esters is 1. The number of allylic oxidation sites excluding steroid dienone is 3. The molecule has 0 aromatic heterocycles. The predicted molar refractivity (Wildman–Crippen MR) is 101 cm³/mol. The van der Waals surface area contributed by atoms with Crippen molar-refractivity contribution in [2.45, 2.75) is 26.7 Å². The summed E-state index contributed by atoms with van der Waals surface area (Å²) in [5.41, 5.74) is 0.748. The fraction of sp³-hybridized carbons (Fsp3) is 0.467. The molecule has 5 nitrogen and oxygen atoms in total. The molecular weight excluding hydrogens is 451 g/mol. The van der Waals surface area contributed by atoms with Crippen LogP contribution >= 0.6 is 46.1 Å². The maximum Gasteiger partial charge on any atom is 0.302 e. The first-order valence-electron chi connectivity index (χ1n) is 6.86. The fourth-order valence-electron chi connectivity index (χ4n) is 1.69. The van der Waals surface area contributed by atoms with Crippen molar-refractivity contribution >= 4 is 69.9 Å². The van der Waals surface area contributed by atoms with Gasteiger partial charge < -0.3 is 4.74 Å². The van der Waals surface area contributed by atoms with Crippen LogP contribution in [0.5, 0.6) is 0 Å². The highest BCUT2D eigenvalue weighted by Gasteiger charge is 2.18. The molecule has 2 rings (SSSR count). The summed E-state index contributed by atoms with van der Waals surface area (Å²) in [5, 5.41) is 0. The molecule has 0 amide bonds. The van der Waals surface area contributed by atoms with Gasteiger partial charge in [-0.05, 0) is 29.5 Å². The standard InChI is InChI=1S/C9H12O3S.C6H5IO2S/c1-6-8(11)3-4-13-9(6)5-12-7(2)10;7-6-4(9)1-2-10-5(6)3-8/h3-5H2,1-2H3;3H,1-2H2. The summed E-state index contributed by atoms with van der Waals surface area (Å²) in [6.45, 7) is 3.40. The fourth-order valence-corrected chi connectivity index (χ4v) is 4.37. The summed E-state index contributed by atoms with van der Waals surface area (Å²) >= 11 is 4.98. The molecule has 0 fully saturated rings. The summed E-state index contributed by atoms with van der Waals surface area (Å²) in [6, 6.07) is 0. The second kappa shape index (κ2) is 10.3. The van der Waals surface area contributed by atoms with Crippen molar-refractivity contribution in [2.24, 2.45) is 0 Å². The van der Waals surface area contributed by atoms with Gasteiger partial charge in [-0.2, -0.15) is 0 Å². The molecule has 0 saturated carbocycles. The molecule has 0 bridgehead atoms. The van der Waals surface area contributed by atoms with Gasteiger partial charge in [-0.25, -0.2) is 0 Å². The first-order chi connectivity index (χ1) is 10.9. The molecule has 2 heterocycles. The molecule has 0 spiro atoms. The molecule has 126 valence electrons. The maximum atomic E-state index is 11.2. The Morgan fingerprint density at radius 2 is 1.83 bits per heavy atom. The topological polar surface area (TPSA) is 77.5 Å². The van der Waals surface area contributed by atoms with Gasteiger partial charge in [-0.1, -0.05) is 0 Å². The number of carbonyl (C=O) groups excluding carboxylic acids is 4. The van der Waals surface area contributed by atoms with Crippen LogP contribution in [0.4, 0.5) is 0 Å². The molecule has 0 saturated heterocycles. The van der Waals surface area contributed by atoms with E-state index < -0.39 is 0 Å². The first kappa shape index (κ1) is 20.4. The average molecular weight is 468 g/mol. The van der Waals surface area contributed by atoms with Crippen molar-refractivity contribution in [2.75, 3.05) is 18.1 Å². The zero-order valence-electron chi connectivity index (χ0n) is 12.8. The van der Waals surface area contributed by atoms with E-state index in [0.29, 0.717) is 21.3 Å². The van der Waals surface area contributed by atoms with Gasteiger partial charge in [0.2, 0.25) is 0 Å². The monoisotopic (exact) mass is 468 g/mol. The number of halogens is 1. The van der Waals surface area contributed by atoms with Crippen molar-refractivity contribution in [3.8, 4) is 0 Å². The Hall–Kier alpha value is -0.610. The van der Waals surface area contributed by atoms with Gasteiger partial charge in [0.25, 0.3) is 0 Å². The van der Waals surface area contributed by atoms with Gasteiger partial charge in [0.1, 0.15) is 6.61 Å². The van der Waals surface area contributed by atoms with E-state index >= 15 is 0 Å². The lowest BCUT2D eigenvalue weighted by Gasteiger charge is -2.15. The van der Waals surface area contributed by atoms with E-state index in [1.165, 1.54) is 18.7 Å². The second-order valence-corrected chi connectivity index (χ2v) is 8.07. The predicted octanol–water partition coefficient (Wildman–Crippen LogP) is 3.07. The molecule has 0 radical (unpaired) electrons.